The lowest BCUT2D eigenvalue weighted by Gasteiger charge is -2.06. The van der Waals surface area contributed by atoms with Crippen molar-refractivity contribution in [1.29, 1.82) is 0 Å². The molecule has 1 heterocycles. The second-order valence-corrected chi connectivity index (χ2v) is 5.68. The van der Waals surface area contributed by atoms with Crippen LogP contribution in [0.2, 0.25) is 0 Å². The number of methoxy groups -OCH3 is 1. The molecule has 24 heavy (non-hydrogen) atoms. The molecule has 0 radical (unpaired) electrons. The van der Waals surface area contributed by atoms with Crippen molar-refractivity contribution in [3.63, 3.8) is 0 Å². The Hall–Kier alpha value is -2.75. The first-order valence-corrected chi connectivity index (χ1v) is 8.10. The molecule has 0 bridgehead atoms. The van der Waals surface area contributed by atoms with Crippen LogP contribution in [-0.4, -0.2) is 24.7 Å². The van der Waals surface area contributed by atoms with Gasteiger partial charge in [0.1, 0.15) is 5.75 Å². The van der Waals surface area contributed by atoms with Gasteiger partial charge in [0.25, 0.3) is 0 Å². The molecule has 0 saturated carbocycles. The molecular weight excluding hydrogens is 302 g/mol. The van der Waals surface area contributed by atoms with Gasteiger partial charge in [-0.15, -0.1) is 0 Å². The van der Waals surface area contributed by atoms with E-state index in [1.165, 1.54) is 5.39 Å². The van der Waals surface area contributed by atoms with E-state index in [4.69, 9.17) is 9.47 Å². The minimum Gasteiger partial charge on any atom is -0.497 e. The van der Waals surface area contributed by atoms with E-state index in [0.29, 0.717) is 25.9 Å². The summed E-state index contributed by atoms with van der Waals surface area (Å²) in [6.45, 7) is 0.402. The fourth-order valence-corrected chi connectivity index (χ4v) is 2.72. The molecule has 0 atom stereocenters. The van der Waals surface area contributed by atoms with Gasteiger partial charge in [-0.2, -0.15) is 0 Å². The summed E-state index contributed by atoms with van der Waals surface area (Å²) < 4.78 is 10.5. The fraction of sp³-hybridized carbons (Fsp3) is 0.250. The lowest BCUT2D eigenvalue weighted by atomic mass is 10.1. The van der Waals surface area contributed by atoms with Crippen molar-refractivity contribution in [3.8, 4) is 5.75 Å². The lowest BCUT2D eigenvalue weighted by Crippen LogP contribution is -2.08. The molecule has 0 amide bonds. The number of carbonyl (C=O) groups excluding carboxylic acids is 1. The number of H-pyrrole nitrogens is 1. The first-order valence-electron chi connectivity index (χ1n) is 8.10. The van der Waals surface area contributed by atoms with Crippen LogP contribution in [0.15, 0.2) is 54.7 Å². The van der Waals surface area contributed by atoms with E-state index in [1.54, 1.807) is 7.11 Å². The highest BCUT2D eigenvalue weighted by molar-refractivity contribution is 5.83. The van der Waals surface area contributed by atoms with Crippen LogP contribution in [0.25, 0.3) is 10.9 Å². The van der Waals surface area contributed by atoms with Crippen molar-refractivity contribution in [2.24, 2.45) is 0 Å². The van der Waals surface area contributed by atoms with Crippen molar-refractivity contribution < 1.29 is 14.3 Å². The van der Waals surface area contributed by atoms with Gasteiger partial charge < -0.3 is 14.5 Å². The summed E-state index contributed by atoms with van der Waals surface area (Å²) in [5, 5.41) is 1.17. The summed E-state index contributed by atoms with van der Waals surface area (Å²) in [6, 6.07) is 15.9. The standard InChI is InChI=1S/C20H21NO3/c1-23-17-9-6-15(7-10-17)12-13-24-20(22)11-8-16-14-21-19-5-3-2-4-18(16)19/h2-7,9-10,14,21H,8,11-13H2,1H3. The highest BCUT2D eigenvalue weighted by atomic mass is 16.5. The Labute approximate surface area is 141 Å². The van der Waals surface area contributed by atoms with Crippen molar-refractivity contribution in [2.45, 2.75) is 19.3 Å². The number of hydrogen-bond acceptors (Lipinski definition) is 3. The van der Waals surface area contributed by atoms with Crippen LogP contribution in [0, 0.1) is 0 Å². The highest BCUT2D eigenvalue weighted by Crippen LogP contribution is 2.19. The Morgan fingerprint density at radius 3 is 2.62 bits per heavy atom. The number of rotatable bonds is 7. The summed E-state index contributed by atoms with van der Waals surface area (Å²) in [4.78, 5) is 15.1. The molecule has 4 heteroatoms. The lowest BCUT2D eigenvalue weighted by molar-refractivity contribution is -0.143. The number of carbonyl (C=O) groups is 1. The van der Waals surface area contributed by atoms with E-state index >= 15 is 0 Å². The number of aromatic amines is 1. The Balaban J connectivity index is 1.44. The Kier molecular flexibility index (Phi) is 5.16. The minimum atomic E-state index is -0.159. The summed E-state index contributed by atoms with van der Waals surface area (Å²) in [5.74, 6) is 0.670. The molecule has 124 valence electrons. The predicted octanol–water partition coefficient (Wildman–Crippen LogP) is 3.90. The van der Waals surface area contributed by atoms with Crippen molar-refractivity contribution in [2.75, 3.05) is 13.7 Å². The fourth-order valence-electron chi connectivity index (χ4n) is 2.72. The average molecular weight is 323 g/mol. The Bertz CT molecular complexity index is 805. The summed E-state index contributed by atoms with van der Waals surface area (Å²) in [5.41, 5.74) is 3.37. The molecule has 3 rings (SSSR count). The zero-order valence-corrected chi connectivity index (χ0v) is 13.7. The van der Waals surface area contributed by atoms with Crippen LogP contribution in [0.1, 0.15) is 17.5 Å². The van der Waals surface area contributed by atoms with Crippen molar-refractivity contribution in [3.05, 3.63) is 65.9 Å². The van der Waals surface area contributed by atoms with Crippen molar-refractivity contribution in [1.82, 2.24) is 4.98 Å². The van der Waals surface area contributed by atoms with Crippen LogP contribution in [0.4, 0.5) is 0 Å². The van der Waals surface area contributed by atoms with E-state index in [0.717, 1.165) is 22.4 Å². The number of aromatic nitrogens is 1. The second-order valence-electron chi connectivity index (χ2n) is 5.68. The van der Waals surface area contributed by atoms with Crippen LogP contribution in [-0.2, 0) is 22.4 Å². The summed E-state index contributed by atoms with van der Waals surface area (Å²) >= 11 is 0. The second kappa shape index (κ2) is 7.68. The third-order valence-corrected chi connectivity index (χ3v) is 4.09. The molecule has 4 nitrogen and oxygen atoms in total. The van der Waals surface area contributed by atoms with Gasteiger partial charge in [0, 0.05) is 29.9 Å². The molecule has 0 aliphatic carbocycles. The summed E-state index contributed by atoms with van der Waals surface area (Å²) in [7, 11) is 1.64. The largest absolute Gasteiger partial charge is 0.497 e. The SMILES string of the molecule is COc1ccc(CCOC(=O)CCc2c[nH]c3ccccc23)cc1. The third-order valence-electron chi connectivity index (χ3n) is 4.09. The predicted molar refractivity (Wildman–Crippen MR) is 94.3 cm³/mol. The smallest absolute Gasteiger partial charge is 0.306 e. The van der Waals surface area contributed by atoms with Gasteiger partial charge in [-0.1, -0.05) is 30.3 Å². The van der Waals surface area contributed by atoms with E-state index in [9.17, 15) is 4.79 Å². The molecule has 0 unspecified atom stereocenters. The molecule has 3 aromatic rings. The quantitative estimate of drug-likeness (QED) is 0.671. The van der Waals surface area contributed by atoms with Gasteiger partial charge in [0.05, 0.1) is 13.7 Å². The zero-order valence-electron chi connectivity index (χ0n) is 13.7. The molecule has 0 saturated heterocycles. The maximum absolute atomic E-state index is 11.9. The molecule has 0 spiro atoms. The molecule has 1 N–H and O–H groups in total. The number of aryl methyl sites for hydroxylation is 1. The normalized spacial score (nSPS) is 10.7. The Morgan fingerprint density at radius 1 is 1.04 bits per heavy atom. The maximum atomic E-state index is 11.9. The first kappa shape index (κ1) is 16.1. The number of fused-ring (bicyclic) bond motifs is 1. The topological polar surface area (TPSA) is 51.3 Å². The average Bonchev–Trinajstić information content (AvgIpc) is 3.04. The number of hydrogen-bond donors (Lipinski definition) is 1. The van der Waals surface area contributed by atoms with Gasteiger partial charge in [-0.25, -0.2) is 0 Å². The summed E-state index contributed by atoms with van der Waals surface area (Å²) in [6.07, 6.45) is 3.76. The molecule has 0 fully saturated rings. The minimum absolute atomic E-state index is 0.159. The number of ether oxygens (including phenoxy) is 2. The first-order chi connectivity index (χ1) is 11.8. The van der Waals surface area contributed by atoms with Crippen LogP contribution in [0.5, 0.6) is 5.75 Å². The number of para-hydroxylation sites is 1. The molecular formula is C20H21NO3. The van der Waals surface area contributed by atoms with Crippen LogP contribution < -0.4 is 4.74 Å². The highest BCUT2D eigenvalue weighted by Gasteiger charge is 2.07. The number of nitrogens with one attached hydrogen (secondary N) is 1. The van der Waals surface area contributed by atoms with E-state index < -0.39 is 0 Å². The van der Waals surface area contributed by atoms with E-state index in [1.807, 2.05) is 48.7 Å². The van der Waals surface area contributed by atoms with Gasteiger partial charge >= 0.3 is 5.97 Å². The van der Waals surface area contributed by atoms with E-state index in [2.05, 4.69) is 11.1 Å². The zero-order chi connectivity index (χ0) is 16.8. The van der Waals surface area contributed by atoms with Crippen LogP contribution >= 0.6 is 0 Å². The molecule has 0 aliphatic rings. The molecule has 2 aromatic carbocycles. The molecule has 1 aromatic heterocycles. The van der Waals surface area contributed by atoms with Crippen molar-refractivity contribution >= 4 is 16.9 Å². The molecule has 0 aliphatic heterocycles. The van der Waals surface area contributed by atoms with Gasteiger partial charge in [0.2, 0.25) is 0 Å². The monoisotopic (exact) mass is 323 g/mol. The Morgan fingerprint density at radius 2 is 1.83 bits per heavy atom. The van der Waals surface area contributed by atoms with E-state index in [-0.39, 0.29) is 5.97 Å². The third kappa shape index (κ3) is 3.96. The van der Waals surface area contributed by atoms with Gasteiger partial charge in [-0.3, -0.25) is 4.79 Å². The number of esters is 1. The van der Waals surface area contributed by atoms with Gasteiger partial charge in [0.15, 0.2) is 0 Å². The van der Waals surface area contributed by atoms with Crippen LogP contribution in [0.3, 0.4) is 0 Å². The van der Waals surface area contributed by atoms with Gasteiger partial charge in [-0.05, 0) is 35.7 Å². The maximum Gasteiger partial charge on any atom is 0.306 e. The number of benzene rings is 2.